The Morgan fingerprint density at radius 3 is 2.57 bits per heavy atom. The summed E-state index contributed by atoms with van der Waals surface area (Å²) >= 11 is 0. The van der Waals surface area contributed by atoms with Crippen molar-refractivity contribution in [1.29, 1.82) is 0 Å². The lowest BCUT2D eigenvalue weighted by molar-refractivity contribution is 0.222. The molecule has 0 spiro atoms. The van der Waals surface area contributed by atoms with Gasteiger partial charge in [-0.1, -0.05) is 18.6 Å². The second-order valence-corrected chi connectivity index (χ2v) is 5.91. The lowest BCUT2D eigenvalue weighted by atomic mass is 10.1. The van der Waals surface area contributed by atoms with Crippen LogP contribution in [0, 0.1) is 6.92 Å². The molecule has 0 saturated carbocycles. The number of hydrogen-bond donors (Lipinski definition) is 0. The molecule has 4 rings (SSSR count). The van der Waals surface area contributed by atoms with Crippen molar-refractivity contribution in [3.05, 3.63) is 30.1 Å². The van der Waals surface area contributed by atoms with E-state index in [1.807, 2.05) is 11.4 Å². The van der Waals surface area contributed by atoms with Crippen LogP contribution in [0.5, 0.6) is 0 Å². The maximum Gasteiger partial charge on any atom is 0.233 e. The van der Waals surface area contributed by atoms with Gasteiger partial charge in [0.1, 0.15) is 5.82 Å². The van der Waals surface area contributed by atoms with E-state index in [0.29, 0.717) is 0 Å². The van der Waals surface area contributed by atoms with E-state index in [0.717, 1.165) is 30.2 Å². The van der Waals surface area contributed by atoms with E-state index in [-0.39, 0.29) is 0 Å². The first-order chi connectivity index (χ1) is 10.3. The van der Waals surface area contributed by atoms with Crippen molar-refractivity contribution in [2.24, 2.45) is 0 Å². The monoisotopic (exact) mass is 283 g/mol. The van der Waals surface area contributed by atoms with Crippen LogP contribution < -0.4 is 0 Å². The Hall–Kier alpha value is -1.88. The van der Waals surface area contributed by atoms with E-state index < -0.39 is 0 Å². The van der Waals surface area contributed by atoms with Gasteiger partial charge < -0.3 is 9.47 Å². The molecular formula is C16H21N5. The van der Waals surface area contributed by atoms with Gasteiger partial charge in [0.25, 0.3) is 0 Å². The van der Waals surface area contributed by atoms with E-state index >= 15 is 0 Å². The SMILES string of the molecule is Cc1nc2n(CCN3CCCCC3)c3ccccc3n2n1. The number of aryl methyl sites for hydroxylation is 1. The number of fused-ring (bicyclic) bond motifs is 3. The molecule has 1 aromatic carbocycles. The summed E-state index contributed by atoms with van der Waals surface area (Å²) in [4.78, 5) is 7.18. The molecule has 0 atom stereocenters. The van der Waals surface area contributed by atoms with Gasteiger partial charge in [-0.25, -0.2) is 0 Å². The fourth-order valence-corrected chi connectivity index (χ4v) is 3.36. The summed E-state index contributed by atoms with van der Waals surface area (Å²) in [6, 6.07) is 8.44. The average molecular weight is 283 g/mol. The van der Waals surface area contributed by atoms with Crippen LogP contribution in [0.2, 0.25) is 0 Å². The minimum atomic E-state index is 0.836. The number of hydrogen-bond acceptors (Lipinski definition) is 3. The highest BCUT2D eigenvalue weighted by molar-refractivity contribution is 5.80. The zero-order valence-electron chi connectivity index (χ0n) is 12.5. The topological polar surface area (TPSA) is 38.4 Å². The van der Waals surface area contributed by atoms with Crippen LogP contribution in [0.4, 0.5) is 0 Å². The van der Waals surface area contributed by atoms with Crippen LogP contribution >= 0.6 is 0 Å². The maximum absolute atomic E-state index is 4.61. The zero-order valence-corrected chi connectivity index (χ0v) is 12.5. The molecule has 0 aliphatic carbocycles. The maximum atomic E-state index is 4.61. The van der Waals surface area contributed by atoms with Gasteiger partial charge in [0.15, 0.2) is 0 Å². The van der Waals surface area contributed by atoms with Crippen molar-refractivity contribution in [2.45, 2.75) is 32.7 Å². The summed E-state index contributed by atoms with van der Waals surface area (Å²) in [7, 11) is 0. The smallest absolute Gasteiger partial charge is 0.233 e. The van der Waals surface area contributed by atoms with E-state index in [2.05, 4.69) is 43.8 Å². The molecule has 2 aromatic heterocycles. The van der Waals surface area contributed by atoms with Crippen LogP contribution in [0.15, 0.2) is 24.3 Å². The van der Waals surface area contributed by atoms with Crippen molar-refractivity contribution < 1.29 is 0 Å². The number of piperidine rings is 1. The molecule has 1 aliphatic rings. The quantitative estimate of drug-likeness (QED) is 0.741. The van der Waals surface area contributed by atoms with E-state index in [9.17, 15) is 0 Å². The molecule has 21 heavy (non-hydrogen) atoms. The molecule has 3 aromatic rings. The average Bonchev–Trinajstić information content (AvgIpc) is 3.02. The Balaban J connectivity index is 1.71. The van der Waals surface area contributed by atoms with Gasteiger partial charge in [-0.3, -0.25) is 0 Å². The van der Waals surface area contributed by atoms with Crippen molar-refractivity contribution >= 4 is 16.8 Å². The predicted molar refractivity (Wildman–Crippen MR) is 83.5 cm³/mol. The molecule has 3 heterocycles. The summed E-state index contributed by atoms with van der Waals surface area (Å²) in [5.74, 6) is 1.80. The van der Waals surface area contributed by atoms with Crippen LogP contribution in [-0.2, 0) is 6.54 Å². The molecule has 0 bridgehead atoms. The summed E-state index contributed by atoms with van der Waals surface area (Å²) in [6.07, 6.45) is 4.06. The van der Waals surface area contributed by atoms with Gasteiger partial charge in [0, 0.05) is 13.1 Å². The highest BCUT2D eigenvalue weighted by Gasteiger charge is 2.15. The Morgan fingerprint density at radius 1 is 1.00 bits per heavy atom. The Kier molecular flexibility index (Phi) is 3.15. The van der Waals surface area contributed by atoms with Gasteiger partial charge >= 0.3 is 0 Å². The highest BCUT2D eigenvalue weighted by atomic mass is 15.4. The minimum absolute atomic E-state index is 0.836. The molecule has 0 N–H and O–H groups in total. The summed E-state index contributed by atoms with van der Waals surface area (Å²) in [5.41, 5.74) is 2.37. The number of para-hydroxylation sites is 2. The van der Waals surface area contributed by atoms with Crippen molar-refractivity contribution in [2.75, 3.05) is 19.6 Å². The Labute approximate surface area is 124 Å². The largest absolute Gasteiger partial charge is 0.307 e. The van der Waals surface area contributed by atoms with Crippen LogP contribution in [-0.4, -0.2) is 43.7 Å². The molecule has 0 radical (unpaired) electrons. The third kappa shape index (κ3) is 2.21. The second kappa shape index (κ2) is 5.15. The fourth-order valence-electron chi connectivity index (χ4n) is 3.36. The lowest BCUT2D eigenvalue weighted by Gasteiger charge is -2.26. The molecule has 1 aliphatic heterocycles. The predicted octanol–water partition coefficient (Wildman–Crippen LogP) is 2.48. The first kappa shape index (κ1) is 12.8. The molecule has 0 amide bonds. The molecular weight excluding hydrogens is 262 g/mol. The van der Waals surface area contributed by atoms with E-state index in [1.54, 1.807) is 0 Å². The third-order valence-corrected chi connectivity index (χ3v) is 4.43. The Bertz CT molecular complexity index is 764. The van der Waals surface area contributed by atoms with Crippen LogP contribution in [0.3, 0.4) is 0 Å². The lowest BCUT2D eigenvalue weighted by Crippen LogP contribution is -2.32. The van der Waals surface area contributed by atoms with E-state index in [4.69, 9.17) is 0 Å². The molecule has 1 saturated heterocycles. The zero-order chi connectivity index (χ0) is 14.2. The number of aromatic nitrogens is 4. The summed E-state index contributed by atoms with van der Waals surface area (Å²) in [5, 5.41) is 4.53. The standard InChI is InChI=1S/C16H21N5/c1-13-17-16-20(12-11-19-9-5-2-6-10-19)14-7-3-4-8-15(14)21(16)18-13/h3-4,7-8H,2,5-6,9-12H2,1H3. The fraction of sp³-hybridized carbons (Fsp3) is 0.500. The van der Waals surface area contributed by atoms with Crippen LogP contribution in [0.1, 0.15) is 25.1 Å². The normalized spacial score (nSPS) is 17.0. The van der Waals surface area contributed by atoms with Crippen molar-refractivity contribution in [3.8, 4) is 0 Å². The number of likely N-dealkylation sites (tertiary alicyclic amines) is 1. The molecule has 5 heteroatoms. The first-order valence-corrected chi connectivity index (χ1v) is 7.86. The van der Waals surface area contributed by atoms with Crippen molar-refractivity contribution in [1.82, 2.24) is 24.1 Å². The molecule has 110 valence electrons. The molecule has 0 unspecified atom stereocenters. The minimum Gasteiger partial charge on any atom is -0.307 e. The second-order valence-electron chi connectivity index (χ2n) is 5.91. The van der Waals surface area contributed by atoms with Gasteiger partial charge in [-0.15, -0.1) is 5.10 Å². The Morgan fingerprint density at radius 2 is 1.76 bits per heavy atom. The first-order valence-electron chi connectivity index (χ1n) is 7.86. The number of rotatable bonds is 3. The van der Waals surface area contributed by atoms with Gasteiger partial charge in [-0.05, 0) is 45.0 Å². The number of nitrogens with zero attached hydrogens (tertiary/aromatic N) is 5. The van der Waals surface area contributed by atoms with Crippen LogP contribution in [0.25, 0.3) is 16.8 Å². The van der Waals surface area contributed by atoms with E-state index in [1.165, 1.54) is 37.9 Å². The van der Waals surface area contributed by atoms with Gasteiger partial charge in [0.05, 0.1) is 11.0 Å². The molecule has 1 fully saturated rings. The van der Waals surface area contributed by atoms with Gasteiger partial charge in [0.2, 0.25) is 5.78 Å². The summed E-state index contributed by atoms with van der Waals surface area (Å²) < 4.78 is 4.28. The summed E-state index contributed by atoms with van der Waals surface area (Å²) in [6.45, 7) is 6.51. The van der Waals surface area contributed by atoms with Gasteiger partial charge in [-0.2, -0.15) is 9.50 Å². The third-order valence-electron chi connectivity index (χ3n) is 4.43. The number of benzene rings is 1. The van der Waals surface area contributed by atoms with Crippen molar-refractivity contribution in [3.63, 3.8) is 0 Å². The number of imidazole rings is 1. The highest BCUT2D eigenvalue weighted by Crippen LogP contribution is 2.20. The molecule has 5 nitrogen and oxygen atoms in total.